The van der Waals surface area contributed by atoms with Gasteiger partial charge >= 0.3 is 0 Å². The summed E-state index contributed by atoms with van der Waals surface area (Å²) in [6, 6.07) is 18.7. The summed E-state index contributed by atoms with van der Waals surface area (Å²) in [5.41, 5.74) is 3.12. The van der Waals surface area contributed by atoms with E-state index < -0.39 is 0 Å². The Kier molecular flexibility index (Phi) is 5.12. The Labute approximate surface area is 188 Å². The number of hydrogen-bond acceptors (Lipinski definition) is 5. The zero-order chi connectivity index (χ0) is 22.1. The average molecular weight is 444 g/mol. The number of carbonyl (C=O) groups is 1. The molecule has 2 aromatic carbocycles. The van der Waals surface area contributed by atoms with Crippen molar-refractivity contribution in [3.8, 4) is 11.5 Å². The highest BCUT2D eigenvalue weighted by atomic mass is 35.5. The maximum Gasteiger partial charge on any atom is 0.229 e. The number of nitrogens with zero attached hydrogens (tertiary/aromatic N) is 6. The minimum absolute atomic E-state index is 0.139. The second-order valence-corrected chi connectivity index (χ2v) is 7.70. The lowest BCUT2D eigenvalue weighted by atomic mass is 10.1. The second kappa shape index (κ2) is 8.24. The molecule has 0 atom stereocenters. The molecule has 0 fully saturated rings. The summed E-state index contributed by atoms with van der Waals surface area (Å²) >= 11 is 6.01. The quantitative estimate of drug-likeness (QED) is 0.440. The van der Waals surface area contributed by atoms with Gasteiger partial charge in [0.1, 0.15) is 12.1 Å². The maximum atomic E-state index is 12.6. The van der Waals surface area contributed by atoms with Gasteiger partial charge in [0.2, 0.25) is 5.91 Å². The fourth-order valence-electron chi connectivity index (χ4n) is 3.49. The molecule has 0 unspecified atom stereocenters. The van der Waals surface area contributed by atoms with Crippen LogP contribution in [0.25, 0.3) is 22.5 Å². The molecule has 3 aromatic heterocycles. The predicted molar refractivity (Wildman–Crippen MR) is 122 cm³/mol. The van der Waals surface area contributed by atoms with Crippen LogP contribution in [0, 0.1) is 6.92 Å². The molecule has 158 valence electrons. The number of benzene rings is 2. The third-order valence-corrected chi connectivity index (χ3v) is 5.18. The van der Waals surface area contributed by atoms with Crippen molar-refractivity contribution in [2.75, 3.05) is 5.32 Å². The number of rotatable bonds is 5. The van der Waals surface area contributed by atoms with Gasteiger partial charge in [0, 0.05) is 11.1 Å². The maximum absolute atomic E-state index is 12.6. The van der Waals surface area contributed by atoms with Crippen LogP contribution in [-0.2, 0) is 11.2 Å². The molecule has 1 N–H and O–H groups in total. The molecule has 5 aromatic rings. The predicted octanol–water partition coefficient (Wildman–Crippen LogP) is 4.14. The van der Waals surface area contributed by atoms with Gasteiger partial charge in [-0.2, -0.15) is 14.9 Å². The first-order chi connectivity index (χ1) is 15.6. The van der Waals surface area contributed by atoms with Crippen LogP contribution in [-0.4, -0.2) is 35.4 Å². The smallest absolute Gasteiger partial charge is 0.229 e. The van der Waals surface area contributed by atoms with Gasteiger partial charge in [0.05, 0.1) is 29.4 Å². The van der Waals surface area contributed by atoms with Crippen LogP contribution in [0.15, 0.2) is 73.2 Å². The number of anilines is 1. The Morgan fingerprint density at radius 2 is 1.81 bits per heavy atom. The molecule has 0 aliphatic heterocycles. The van der Waals surface area contributed by atoms with Crippen LogP contribution in [0.3, 0.4) is 0 Å². The molecule has 0 bridgehead atoms. The third-order valence-electron chi connectivity index (χ3n) is 4.92. The number of aryl methyl sites for hydroxylation is 1. The Balaban J connectivity index is 1.51. The van der Waals surface area contributed by atoms with Crippen molar-refractivity contribution >= 4 is 34.4 Å². The minimum Gasteiger partial charge on any atom is -0.310 e. The van der Waals surface area contributed by atoms with Crippen LogP contribution in [0.1, 0.15) is 11.3 Å². The van der Waals surface area contributed by atoms with Crippen molar-refractivity contribution < 1.29 is 4.79 Å². The van der Waals surface area contributed by atoms with Gasteiger partial charge in [-0.1, -0.05) is 41.9 Å². The van der Waals surface area contributed by atoms with Gasteiger partial charge in [0.25, 0.3) is 0 Å². The highest BCUT2D eigenvalue weighted by Gasteiger charge is 2.17. The lowest BCUT2D eigenvalue weighted by Crippen LogP contribution is -2.17. The number of amides is 1. The molecule has 0 saturated carbocycles. The highest BCUT2D eigenvalue weighted by Crippen LogP contribution is 2.24. The van der Waals surface area contributed by atoms with E-state index in [1.54, 1.807) is 33.8 Å². The fraction of sp³-hybridized carbons (Fsp3) is 0.0870. The standard InChI is InChI=1S/C23H18ClN7O/c1-15-11-20(28-21(32)12-16-5-3-2-4-6-16)31(29-15)23-19-13-27-30(22(19)25-14-26-23)18-9-7-17(24)8-10-18/h2-11,13-14H,12H2,1H3,(H,28,32). The first-order valence-corrected chi connectivity index (χ1v) is 10.3. The van der Waals surface area contributed by atoms with Crippen molar-refractivity contribution in [1.29, 1.82) is 0 Å². The van der Waals surface area contributed by atoms with Gasteiger partial charge < -0.3 is 5.32 Å². The lowest BCUT2D eigenvalue weighted by molar-refractivity contribution is -0.115. The van der Waals surface area contributed by atoms with E-state index in [2.05, 4.69) is 25.5 Å². The van der Waals surface area contributed by atoms with Crippen molar-refractivity contribution in [3.63, 3.8) is 0 Å². The Hall–Kier alpha value is -4.04. The van der Waals surface area contributed by atoms with Crippen LogP contribution in [0.4, 0.5) is 5.82 Å². The molecule has 0 saturated heterocycles. The number of fused-ring (bicyclic) bond motifs is 1. The largest absolute Gasteiger partial charge is 0.310 e. The SMILES string of the molecule is Cc1cc(NC(=O)Cc2ccccc2)n(-c2ncnc3c2cnn3-c2ccc(Cl)cc2)n1. The summed E-state index contributed by atoms with van der Waals surface area (Å²) in [6.07, 6.45) is 3.41. The molecule has 0 spiro atoms. The topological polar surface area (TPSA) is 90.5 Å². The Bertz CT molecular complexity index is 1410. The molecule has 32 heavy (non-hydrogen) atoms. The number of carbonyl (C=O) groups excluding carboxylic acids is 1. The third kappa shape index (κ3) is 3.83. The lowest BCUT2D eigenvalue weighted by Gasteiger charge is -2.09. The molecule has 3 heterocycles. The Morgan fingerprint density at radius 3 is 2.59 bits per heavy atom. The summed E-state index contributed by atoms with van der Waals surface area (Å²) in [4.78, 5) is 21.5. The normalized spacial score (nSPS) is 11.1. The van der Waals surface area contributed by atoms with Gasteiger partial charge in [0.15, 0.2) is 11.5 Å². The molecule has 5 rings (SSSR count). The van der Waals surface area contributed by atoms with Gasteiger partial charge in [-0.05, 0) is 36.8 Å². The van der Waals surface area contributed by atoms with E-state index in [1.165, 1.54) is 6.33 Å². The first kappa shape index (κ1) is 19.9. The fourth-order valence-corrected chi connectivity index (χ4v) is 3.62. The first-order valence-electron chi connectivity index (χ1n) is 9.94. The van der Waals surface area contributed by atoms with E-state index in [4.69, 9.17) is 11.6 Å². The van der Waals surface area contributed by atoms with E-state index in [0.717, 1.165) is 16.9 Å². The summed E-state index contributed by atoms with van der Waals surface area (Å²) in [5, 5.41) is 13.3. The van der Waals surface area contributed by atoms with E-state index in [9.17, 15) is 4.79 Å². The van der Waals surface area contributed by atoms with Crippen molar-refractivity contribution in [2.24, 2.45) is 0 Å². The highest BCUT2D eigenvalue weighted by molar-refractivity contribution is 6.30. The van der Waals surface area contributed by atoms with Crippen LogP contribution in [0.2, 0.25) is 5.02 Å². The molecule has 1 amide bonds. The van der Waals surface area contributed by atoms with E-state index in [0.29, 0.717) is 27.7 Å². The van der Waals surface area contributed by atoms with Gasteiger partial charge in [-0.25, -0.2) is 14.6 Å². The molecular weight excluding hydrogens is 426 g/mol. The summed E-state index contributed by atoms with van der Waals surface area (Å²) in [6.45, 7) is 1.86. The van der Waals surface area contributed by atoms with Crippen molar-refractivity contribution in [2.45, 2.75) is 13.3 Å². The Morgan fingerprint density at radius 1 is 1.03 bits per heavy atom. The molecule has 0 aliphatic carbocycles. The summed E-state index contributed by atoms with van der Waals surface area (Å²) in [7, 11) is 0. The number of halogens is 1. The molecule has 0 radical (unpaired) electrons. The zero-order valence-electron chi connectivity index (χ0n) is 17.1. The number of hydrogen-bond donors (Lipinski definition) is 1. The monoisotopic (exact) mass is 443 g/mol. The van der Waals surface area contributed by atoms with Gasteiger partial charge in [-0.3, -0.25) is 4.79 Å². The summed E-state index contributed by atoms with van der Waals surface area (Å²) < 4.78 is 3.32. The number of aromatic nitrogens is 6. The van der Waals surface area contributed by atoms with Crippen LogP contribution >= 0.6 is 11.6 Å². The number of nitrogens with one attached hydrogen (secondary N) is 1. The van der Waals surface area contributed by atoms with Crippen molar-refractivity contribution in [1.82, 2.24) is 29.5 Å². The molecular formula is C23H18ClN7O. The van der Waals surface area contributed by atoms with E-state index in [1.807, 2.05) is 49.4 Å². The van der Waals surface area contributed by atoms with Crippen LogP contribution < -0.4 is 5.32 Å². The molecule has 9 heteroatoms. The zero-order valence-corrected chi connectivity index (χ0v) is 17.9. The second-order valence-electron chi connectivity index (χ2n) is 7.26. The average Bonchev–Trinajstić information content (AvgIpc) is 3.38. The van der Waals surface area contributed by atoms with Crippen LogP contribution in [0.5, 0.6) is 0 Å². The molecule has 0 aliphatic rings. The van der Waals surface area contributed by atoms with E-state index >= 15 is 0 Å². The minimum atomic E-state index is -0.139. The van der Waals surface area contributed by atoms with Gasteiger partial charge in [-0.15, -0.1) is 0 Å². The summed E-state index contributed by atoms with van der Waals surface area (Å²) in [5.74, 6) is 0.917. The van der Waals surface area contributed by atoms with E-state index in [-0.39, 0.29) is 12.3 Å². The van der Waals surface area contributed by atoms with Crippen molar-refractivity contribution in [3.05, 3.63) is 89.5 Å². The molecule has 8 nitrogen and oxygen atoms in total.